The summed E-state index contributed by atoms with van der Waals surface area (Å²) in [6.45, 7) is 5.44. The second kappa shape index (κ2) is 7.23. The van der Waals surface area contributed by atoms with Gasteiger partial charge in [-0.25, -0.2) is 13.1 Å². The fourth-order valence-corrected chi connectivity index (χ4v) is 4.07. The first-order valence-electron chi connectivity index (χ1n) is 7.60. The maximum absolute atomic E-state index is 12.7. The van der Waals surface area contributed by atoms with Crippen molar-refractivity contribution in [3.8, 4) is 11.5 Å². The van der Waals surface area contributed by atoms with E-state index in [2.05, 4.69) is 4.72 Å². The van der Waals surface area contributed by atoms with Crippen LogP contribution < -0.4 is 14.2 Å². The van der Waals surface area contributed by atoms with Crippen molar-refractivity contribution >= 4 is 10.0 Å². The van der Waals surface area contributed by atoms with Crippen LogP contribution in [0.3, 0.4) is 0 Å². The van der Waals surface area contributed by atoms with Gasteiger partial charge in [0.1, 0.15) is 11.5 Å². The molecule has 0 unspecified atom stereocenters. The Labute approximate surface area is 143 Å². The van der Waals surface area contributed by atoms with Crippen LogP contribution >= 0.6 is 0 Å². The predicted octanol–water partition coefficient (Wildman–Crippen LogP) is 3.36. The molecule has 0 spiro atoms. The van der Waals surface area contributed by atoms with Crippen molar-refractivity contribution in [3.63, 3.8) is 0 Å². The molecule has 0 radical (unpaired) electrons. The van der Waals surface area contributed by atoms with Gasteiger partial charge in [0.25, 0.3) is 0 Å². The lowest BCUT2D eigenvalue weighted by atomic mass is 10.1. The van der Waals surface area contributed by atoms with Crippen LogP contribution in [0.4, 0.5) is 0 Å². The van der Waals surface area contributed by atoms with Crippen molar-refractivity contribution in [1.82, 2.24) is 4.72 Å². The van der Waals surface area contributed by atoms with Gasteiger partial charge in [-0.2, -0.15) is 0 Å². The summed E-state index contributed by atoms with van der Waals surface area (Å²) in [6, 6.07) is 10.2. The summed E-state index contributed by atoms with van der Waals surface area (Å²) in [4.78, 5) is 0.265. The molecule has 0 bridgehead atoms. The zero-order valence-electron chi connectivity index (χ0n) is 14.6. The first kappa shape index (κ1) is 18.3. The molecule has 0 fully saturated rings. The average Bonchev–Trinajstić information content (AvgIpc) is 2.56. The lowest BCUT2D eigenvalue weighted by Gasteiger charge is -2.18. The Morgan fingerprint density at radius 2 is 1.54 bits per heavy atom. The molecule has 1 atom stereocenters. The Morgan fingerprint density at radius 1 is 0.917 bits per heavy atom. The molecule has 6 heteroatoms. The van der Waals surface area contributed by atoms with Crippen LogP contribution in [-0.4, -0.2) is 22.6 Å². The van der Waals surface area contributed by atoms with Gasteiger partial charge >= 0.3 is 0 Å². The maximum Gasteiger partial charge on any atom is 0.241 e. The quantitative estimate of drug-likeness (QED) is 0.868. The SMILES string of the molecule is COc1ccc([C@@H](C)NS(=O)(=O)c2ccc(OC)c(C)c2C)cc1. The number of methoxy groups -OCH3 is 2. The van der Waals surface area contributed by atoms with Crippen LogP contribution in [0.15, 0.2) is 41.3 Å². The molecule has 1 N–H and O–H groups in total. The summed E-state index contributed by atoms with van der Waals surface area (Å²) in [5.74, 6) is 1.41. The minimum atomic E-state index is -3.64. The van der Waals surface area contributed by atoms with Crippen LogP contribution in [0.25, 0.3) is 0 Å². The Balaban J connectivity index is 2.29. The molecule has 0 amide bonds. The van der Waals surface area contributed by atoms with E-state index in [1.165, 1.54) is 0 Å². The number of hydrogen-bond donors (Lipinski definition) is 1. The maximum atomic E-state index is 12.7. The lowest BCUT2D eigenvalue weighted by Crippen LogP contribution is -2.27. The van der Waals surface area contributed by atoms with Gasteiger partial charge in [-0.1, -0.05) is 12.1 Å². The lowest BCUT2D eigenvalue weighted by molar-refractivity contribution is 0.410. The fraction of sp³-hybridized carbons (Fsp3) is 0.333. The van der Waals surface area contributed by atoms with Crippen LogP contribution in [0, 0.1) is 13.8 Å². The molecule has 0 aromatic heterocycles. The summed E-state index contributed by atoms with van der Waals surface area (Å²) in [7, 11) is -0.476. The standard InChI is InChI=1S/C18H23NO4S/c1-12-13(2)18(11-10-17(12)23-5)24(20,21)19-14(3)15-6-8-16(22-4)9-7-15/h6-11,14,19H,1-5H3/t14-/m1/s1. The average molecular weight is 349 g/mol. The molecule has 2 aromatic carbocycles. The molecular weight excluding hydrogens is 326 g/mol. The van der Waals surface area contributed by atoms with E-state index in [1.807, 2.05) is 38.1 Å². The van der Waals surface area contributed by atoms with E-state index in [1.54, 1.807) is 33.3 Å². The number of sulfonamides is 1. The first-order valence-corrected chi connectivity index (χ1v) is 9.09. The zero-order chi connectivity index (χ0) is 17.9. The van der Waals surface area contributed by atoms with Crippen LogP contribution in [0.1, 0.15) is 29.7 Å². The predicted molar refractivity (Wildman–Crippen MR) is 94.2 cm³/mol. The largest absolute Gasteiger partial charge is 0.497 e. The Bertz CT molecular complexity index is 814. The van der Waals surface area contributed by atoms with E-state index < -0.39 is 10.0 Å². The van der Waals surface area contributed by atoms with Gasteiger partial charge < -0.3 is 9.47 Å². The molecule has 24 heavy (non-hydrogen) atoms. The van der Waals surface area contributed by atoms with Crippen molar-refractivity contribution in [2.45, 2.75) is 31.7 Å². The van der Waals surface area contributed by atoms with Crippen LogP contribution in [0.2, 0.25) is 0 Å². The number of nitrogens with one attached hydrogen (secondary N) is 1. The highest BCUT2D eigenvalue weighted by molar-refractivity contribution is 7.89. The molecule has 2 rings (SSSR count). The molecule has 0 heterocycles. The van der Waals surface area contributed by atoms with Crippen LogP contribution in [0.5, 0.6) is 11.5 Å². The van der Waals surface area contributed by atoms with E-state index in [9.17, 15) is 8.42 Å². The molecule has 0 aliphatic heterocycles. The van der Waals surface area contributed by atoms with E-state index in [0.717, 1.165) is 16.9 Å². The third-order valence-corrected chi connectivity index (χ3v) is 5.83. The third-order valence-electron chi connectivity index (χ3n) is 4.14. The summed E-state index contributed by atoms with van der Waals surface area (Å²) >= 11 is 0. The van der Waals surface area contributed by atoms with E-state index in [0.29, 0.717) is 11.3 Å². The smallest absolute Gasteiger partial charge is 0.241 e. The van der Waals surface area contributed by atoms with Crippen molar-refractivity contribution in [2.75, 3.05) is 14.2 Å². The zero-order valence-corrected chi connectivity index (χ0v) is 15.4. The molecule has 130 valence electrons. The van der Waals surface area contributed by atoms with E-state index in [-0.39, 0.29) is 10.9 Å². The molecule has 2 aromatic rings. The number of rotatable bonds is 6. The van der Waals surface area contributed by atoms with Crippen molar-refractivity contribution < 1.29 is 17.9 Å². The molecule has 0 aliphatic carbocycles. The van der Waals surface area contributed by atoms with Crippen LogP contribution in [-0.2, 0) is 10.0 Å². The minimum Gasteiger partial charge on any atom is -0.497 e. The van der Waals surface area contributed by atoms with E-state index >= 15 is 0 Å². The van der Waals surface area contributed by atoms with Gasteiger partial charge in [0.05, 0.1) is 19.1 Å². The monoisotopic (exact) mass is 349 g/mol. The van der Waals surface area contributed by atoms with Gasteiger partial charge in [-0.05, 0) is 61.7 Å². The van der Waals surface area contributed by atoms with Crippen molar-refractivity contribution in [1.29, 1.82) is 0 Å². The second-order valence-corrected chi connectivity index (χ2v) is 7.31. The summed E-state index contributed by atoms with van der Waals surface area (Å²) in [5, 5.41) is 0. The summed E-state index contributed by atoms with van der Waals surface area (Å²) in [6.07, 6.45) is 0. The van der Waals surface area contributed by atoms with Crippen molar-refractivity contribution in [2.24, 2.45) is 0 Å². The Morgan fingerprint density at radius 3 is 2.08 bits per heavy atom. The normalized spacial score (nSPS) is 12.7. The highest BCUT2D eigenvalue weighted by Gasteiger charge is 2.22. The van der Waals surface area contributed by atoms with Gasteiger partial charge in [0, 0.05) is 6.04 Å². The molecule has 5 nitrogen and oxygen atoms in total. The topological polar surface area (TPSA) is 64.6 Å². The minimum absolute atomic E-state index is 0.265. The van der Waals surface area contributed by atoms with Crippen molar-refractivity contribution in [3.05, 3.63) is 53.1 Å². The number of hydrogen-bond acceptors (Lipinski definition) is 4. The highest BCUT2D eigenvalue weighted by Crippen LogP contribution is 2.28. The number of benzene rings is 2. The van der Waals surface area contributed by atoms with Gasteiger partial charge in [0.15, 0.2) is 0 Å². The molecule has 0 aliphatic rings. The number of ether oxygens (including phenoxy) is 2. The fourth-order valence-electron chi connectivity index (χ4n) is 2.54. The summed E-state index contributed by atoms with van der Waals surface area (Å²) in [5.41, 5.74) is 2.36. The highest BCUT2D eigenvalue weighted by atomic mass is 32.2. The first-order chi connectivity index (χ1) is 11.3. The van der Waals surface area contributed by atoms with Gasteiger partial charge in [-0.3, -0.25) is 0 Å². The Hall–Kier alpha value is -2.05. The van der Waals surface area contributed by atoms with E-state index in [4.69, 9.17) is 9.47 Å². The third kappa shape index (κ3) is 3.71. The van der Waals surface area contributed by atoms with Gasteiger partial charge in [-0.15, -0.1) is 0 Å². The second-order valence-electron chi connectivity index (χ2n) is 5.63. The molecular formula is C18H23NO4S. The Kier molecular flexibility index (Phi) is 5.51. The summed E-state index contributed by atoms with van der Waals surface area (Å²) < 4.78 is 38.6. The molecule has 0 saturated carbocycles. The van der Waals surface area contributed by atoms with Gasteiger partial charge in [0.2, 0.25) is 10.0 Å². The molecule has 0 saturated heterocycles.